The molecule has 1 aliphatic rings. The summed E-state index contributed by atoms with van der Waals surface area (Å²) in [5.41, 5.74) is 2.96. The summed E-state index contributed by atoms with van der Waals surface area (Å²) in [6, 6.07) is 16.2. The highest BCUT2D eigenvalue weighted by molar-refractivity contribution is 6.04. The molecule has 0 amide bonds. The third kappa shape index (κ3) is 3.30. The maximum absolute atomic E-state index is 12.6. The van der Waals surface area contributed by atoms with E-state index in [-0.39, 0.29) is 16.8 Å². The standard InChI is InChI=1S/C24H22N2O4/c1-24(2)18-9-5-7-11-20(18)26(3)21(24)12-15(27)14-30-23(29)17-13-22(28)25-19-10-6-4-8-16(17)19/h4-13H,14H2,1-3H3,(H,25,28). The molecule has 4 rings (SSSR count). The van der Waals surface area contributed by atoms with E-state index < -0.39 is 18.1 Å². The van der Waals surface area contributed by atoms with Gasteiger partial charge in [-0.2, -0.15) is 0 Å². The van der Waals surface area contributed by atoms with Gasteiger partial charge in [0.05, 0.1) is 5.56 Å². The lowest BCUT2D eigenvalue weighted by Gasteiger charge is -2.23. The smallest absolute Gasteiger partial charge is 0.339 e. The topological polar surface area (TPSA) is 79.5 Å². The van der Waals surface area contributed by atoms with Crippen LogP contribution in [0.25, 0.3) is 10.9 Å². The van der Waals surface area contributed by atoms with Gasteiger partial charge in [-0.3, -0.25) is 9.59 Å². The highest BCUT2D eigenvalue weighted by Gasteiger charge is 2.38. The fourth-order valence-electron chi connectivity index (χ4n) is 4.04. The molecule has 1 N–H and O–H groups in total. The van der Waals surface area contributed by atoms with Crippen molar-refractivity contribution in [1.82, 2.24) is 4.98 Å². The number of para-hydroxylation sites is 2. The molecule has 2 heterocycles. The number of fused-ring (bicyclic) bond motifs is 2. The predicted molar refractivity (Wildman–Crippen MR) is 116 cm³/mol. The van der Waals surface area contributed by atoms with Gasteiger partial charge in [-0.05, 0) is 17.7 Å². The number of allylic oxidation sites excluding steroid dienone is 1. The van der Waals surface area contributed by atoms with Gasteiger partial charge in [0.15, 0.2) is 12.4 Å². The number of carbonyl (C=O) groups is 2. The maximum atomic E-state index is 12.6. The number of likely N-dealkylation sites (N-methyl/N-ethyl adjacent to an activating group) is 1. The third-order valence-corrected chi connectivity index (χ3v) is 5.55. The number of hydrogen-bond donors (Lipinski definition) is 1. The molecule has 0 unspecified atom stereocenters. The lowest BCUT2D eigenvalue weighted by atomic mass is 9.83. The molecule has 1 aliphatic heterocycles. The van der Waals surface area contributed by atoms with E-state index in [1.165, 1.54) is 12.1 Å². The molecule has 1 aromatic heterocycles. The molecule has 152 valence electrons. The second-order valence-electron chi connectivity index (χ2n) is 7.87. The van der Waals surface area contributed by atoms with Crippen molar-refractivity contribution in [2.24, 2.45) is 0 Å². The first-order valence-electron chi connectivity index (χ1n) is 9.66. The van der Waals surface area contributed by atoms with E-state index in [9.17, 15) is 14.4 Å². The lowest BCUT2D eigenvalue weighted by molar-refractivity contribution is -0.117. The maximum Gasteiger partial charge on any atom is 0.339 e. The van der Waals surface area contributed by atoms with Gasteiger partial charge in [-0.15, -0.1) is 0 Å². The average Bonchev–Trinajstić information content (AvgIpc) is 2.92. The van der Waals surface area contributed by atoms with Crippen LogP contribution >= 0.6 is 0 Å². The number of nitrogens with zero attached hydrogens (tertiary/aromatic N) is 1. The lowest BCUT2D eigenvalue weighted by Crippen LogP contribution is -2.25. The van der Waals surface area contributed by atoms with Crippen LogP contribution in [0.3, 0.4) is 0 Å². The Morgan fingerprint density at radius 1 is 1.10 bits per heavy atom. The number of rotatable bonds is 4. The van der Waals surface area contributed by atoms with Crippen molar-refractivity contribution in [1.29, 1.82) is 0 Å². The van der Waals surface area contributed by atoms with Crippen molar-refractivity contribution in [3.63, 3.8) is 0 Å². The molecule has 30 heavy (non-hydrogen) atoms. The number of nitrogens with one attached hydrogen (secondary N) is 1. The molecular formula is C24H22N2O4. The highest BCUT2D eigenvalue weighted by Crippen LogP contribution is 2.46. The number of anilines is 1. The van der Waals surface area contributed by atoms with E-state index in [1.807, 2.05) is 30.1 Å². The SMILES string of the molecule is CN1C(=CC(=O)COC(=O)c2cc(=O)[nH]c3ccccc23)C(C)(C)c2ccccc21. The zero-order chi connectivity index (χ0) is 21.5. The second kappa shape index (κ2) is 7.30. The molecule has 0 saturated heterocycles. The Kier molecular flexibility index (Phi) is 4.78. The second-order valence-corrected chi connectivity index (χ2v) is 7.87. The van der Waals surface area contributed by atoms with E-state index >= 15 is 0 Å². The van der Waals surface area contributed by atoms with Crippen LogP contribution in [0, 0.1) is 0 Å². The van der Waals surface area contributed by atoms with Gasteiger partial charge >= 0.3 is 5.97 Å². The summed E-state index contributed by atoms with van der Waals surface area (Å²) in [6.45, 7) is 3.72. The molecule has 0 aliphatic carbocycles. The van der Waals surface area contributed by atoms with Crippen molar-refractivity contribution in [3.05, 3.63) is 87.9 Å². The van der Waals surface area contributed by atoms with E-state index in [1.54, 1.807) is 24.3 Å². The largest absolute Gasteiger partial charge is 0.454 e. The predicted octanol–water partition coefficient (Wildman–Crippen LogP) is 3.57. The molecule has 3 aromatic rings. The number of esters is 1. The summed E-state index contributed by atoms with van der Waals surface area (Å²) >= 11 is 0. The first-order valence-corrected chi connectivity index (χ1v) is 9.66. The van der Waals surface area contributed by atoms with Crippen molar-refractivity contribution in [2.45, 2.75) is 19.3 Å². The van der Waals surface area contributed by atoms with Gasteiger partial charge in [0.25, 0.3) is 0 Å². The summed E-state index contributed by atoms with van der Waals surface area (Å²) < 4.78 is 5.24. The normalized spacial score (nSPS) is 16.0. The van der Waals surface area contributed by atoms with Crippen LogP contribution in [0.15, 0.2) is 71.2 Å². The molecule has 6 heteroatoms. The molecule has 0 saturated carbocycles. The van der Waals surface area contributed by atoms with Gasteiger partial charge in [0, 0.05) is 46.9 Å². The first-order chi connectivity index (χ1) is 14.3. The Labute approximate surface area is 173 Å². The monoisotopic (exact) mass is 402 g/mol. The number of H-pyrrole nitrogens is 1. The summed E-state index contributed by atoms with van der Waals surface area (Å²) in [6.07, 6.45) is 1.53. The quantitative estimate of drug-likeness (QED) is 0.533. The summed E-state index contributed by atoms with van der Waals surface area (Å²) in [5.74, 6) is -1.02. The molecule has 0 fully saturated rings. The Balaban J connectivity index is 1.54. The number of aromatic nitrogens is 1. The Morgan fingerprint density at radius 2 is 1.80 bits per heavy atom. The number of pyridine rings is 1. The minimum absolute atomic E-state index is 0.139. The highest BCUT2D eigenvalue weighted by atomic mass is 16.5. The van der Waals surface area contributed by atoms with Crippen molar-refractivity contribution >= 4 is 28.3 Å². The van der Waals surface area contributed by atoms with E-state index in [0.29, 0.717) is 10.9 Å². The van der Waals surface area contributed by atoms with Gasteiger partial charge in [-0.1, -0.05) is 50.2 Å². The molecule has 0 atom stereocenters. The van der Waals surface area contributed by atoms with Gasteiger partial charge in [0.2, 0.25) is 5.56 Å². The van der Waals surface area contributed by atoms with Crippen molar-refractivity contribution < 1.29 is 14.3 Å². The molecular weight excluding hydrogens is 380 g/mol. The minimum atomic E-state index is -0.702. The van der Waals surface area contributed by atoms with Gasteiger partial charge in [0.1, 0.15) is 0 Å². The van der Waals surface area contributed by atoms with Crippen LogP contribution in [0.4, 0.5) is 5.69 Å². The fourth-order valence-corrected chi connectivity index (χ4v) is 4.04. The van der Waals surface area contributed by atoms with Crippen LogP contribution in [0.5, 0.6) is 0 Å². The number of hydrogen-bond acceptors (Lipinski definition) is 5. The molecule has 0 spiro atoms. The number of benzene rings is 2. The van der Waals surface area contributed by atoms with Gasteiger partial charge < -0.3 is 14.6 Å². The Hall–Kier alpha value is -3.67. The van der Waals surface area contributed by atoms with E-state index in [2.05, 4.69) is 24.9 Å². The van der Waals surface area contributed by atoms with Crippen molar-refractivity contribution in [3.8, 4) is 0 Å². The number of ketones is 1. The van der Waals surface area contributed by atoms with Gasteiger partial charge in [-0.25, -0.2) is 4.79 Å². The Bertz CT molecular complexity index is 1250. The van der Waals surface area contributed by atoms with Crippen LogP contribution in [-0.2, 0) is 14.9 Å². The van der Waals surface area contributed by atoms with E-state index in [0.717, 1.165) is 16.9 Å². The molecule has 2 aromatic carbocycles. The molecule has 0 radical (unpaired) electrons. The number of aromatic amines is 1. The van der Waals surface area contributed by atoms with Crippen molar-refractivity contribution in [2.75, 3.05) is 18.6 Å². The zero-order valence-electron chi connectivity index (χ0n) is 17.1. The third-order valence-electron chi connectivity index (χ3n) is 5.55. The number of ether oxygens (including phenoxy) is 1. The summed E-state index contributed by atoms with van der Waals surface area (Å²) in [5, 5.41) is 0.569. The summed E-state index contributed by atoms with van der Waals surface area (Å²) in [7, 11) is 1.92. The zero-order valence-corrected chi connectivity index (χ0v) is 17.1. The molecule has 0 bridgehead atoms. The minimum Gasteiger partial charge on any atom is -0.454 e. The van der Waals surface area contributed by atoms with Crippen LogP contribution in [0.1, 0.15) is 29.8 Å². The fraction of sp³-hybridized carbons (Fsp3) is 0.208. The van der Waals surface area contributed by atoms with Crippen LogP contribution in [-0.4, -0.2) is 30.4 Å². The Morgan fingerprint density at radius 3 is 2.57 bits per heavy atom. The summed E-state index contributed by atoms with van der Waals surface area (Å²) in [4.78, 5) is 41.7. The number of carbonyl (C=O) groups excluding carboxylic acids is 2. The average molecular weight is 402 g/mol. The van der Waals surface area contributed by atoms with Crippen LogP contribution in [0.2, 0.25) is 0 Å². The van der Waals surface area contributed by atoms with E-state index in [4.69, 9.17) is 4.74 Å². The first kappa shape index (κ1) is 19.6. The molecule has 6 nitrogen and oxygen atoms in total. The van der Waals surface area contributed by atoms with Crippen LogP contribution < -0.4 is 10.5 Å².